The predicted octanol–water partition coefficient (Wildman–Crippen LogP) is 4.22. The van der Waals surface area contributed by atoms with Crippen LogP contribution in [0, 0.1) is 6.92 Å². The van der Waals surface area contributed by atoms with Crippen LogP contribution in [0.25, 0.3) is 11.3 Å². The van der Waals surface area contributed by atoms with Crippen LogP contribution in [-0.4, -0.2) is 59.1 Å². The fourth-order valence-corrected chi connectivity index (χ4v) is 4.23. The number of carbonyl (C=O) groups excluding carboxylic acids is 1. The van der Waals surface area contributed by atoms with E-state index in [1.165, 1.54) is 12.1 Å². The van der Waals surface area contributed by atoms with E-state index in [0.717, 1.165) is 37.8 Å². The Kier molecular flexibility index (Phi) is 7.31. The Morgan fingerprint density at radius 2 is 2.09 bits per heavy atom. The summed E-state index contributed by atoms with van der Waals surface area (Å²) in [5.74, 6) is 1.07. The number of alkyl halides is 2. The standard InChI is InChI=1S/C22H24F2N4O4S/c1-13(28-6-8-30-9-7-28)10-19-25-22(33-27-19)26-20(29)17-12-18(31-14(17)2)15-4-3-5-16(11-15)32-21(23)24/h3-5,11-13,21H,6-10H2,1-2H3,(H,25,26,27,29). The molecule has 1 aromatic carbocycles. The summed E-state index contributed by atoms with van der Waals surface area (Å²) in [5, 5.41) is 3.16. The number of morpholine rings is 1. The highest BCUT2D eigenvalue weighted by atomic mass is 32.1. The third-order valence-electron chi connectivity index (χ3n) is 5.34. The molecule has 1 saturated heterocycles. The first-order chi connectivity index (χ1) is 15.9. The van der Waals surface area contributed by atoms with Crippen molar-refractivity contribution < 1.29 is 27.5 Å². The van der Waals surface area contributed by atoms with Gasteiger partial charge in [0, 0.05) is 42.6 Å². The largest absolute Gasteiger partial charge is 0.461 e. The van der Waals surface area contributed by atoms with Gasteiger partial charge in [-0.25, -0.2) is 4.98 Å². The first-order valence-corrected chi connectivity index (χ1v) is 11.3. The van der Waals surface area contributed by atoms with E-state index in [9.17, 15) is 13.6 Å². The van der Waals surface area contributed by atoms with E-state index < -0.39 is 6.61 Å². The molecule has 2 aromatic heterocycles. The van der Waals surface area contributed by atoms with Gasteiger partial charge in [0.1, 0.15) is 23.1 Å². The van der Waals surface area contributed by atoms with Crippen LogP contribution in [0.2, 0.25) is 0 Å². The maximum Gasteiger partial charge on any atom is 0.387 e. The first-order valence-electron chi connectivity index (χ1n) is 10.5. The number of rotatable bonds is 8. The molecular weight excluding hydrogens is 454 g/mol. The lowest BCUT2D eigenvalue weighted by Crippen LogP contribution is -2.43. The number of amides is 1. The number of anilines is 1. The topological polar surface area (TPSA) is 89.7 Å². The number of hydrogen-bond donors (Lipinski definition) is 1. The zero-order chi connectivity index (χ0) is 23.4. The maximum atomic E-state index is 12.8. The van der Waals surface area contributed by atoms with Gasteiger partial charge < -0.3 is 13.9 Å². The van der Waals surface area contributed by atoms with Crippen molar-refractivity contribution in [1.29, 1.82) is 0 Å². The highest BCUT2D eigenvalue weighted by molar-refractivity contribution is 7.09. The van der Waals surface area contributed by atoms with Gasteiger partial charge in [0.05, 0.1) is 18.8 Å². The monoisotopic (exact) mass is 478 g/mol. The second kappa shape index (κ2) is 10.4. The molecule has 8 nitrogen and oxygen atoms in total. The quantitative estimate of drug-likeness (QED) is 0.518. The highest BCUT2D eigenvalue weighted by Gasteiger charge is 2.21. The number of furan rings is 1. The Hall–Kier alpha value is -2.89. The van der Waals surface area contributed by atoms with Crippen molar-refractivity contribution >= 4 is 22.6 Å². The molecule has 3 heterocycles. The molecule has 11 heteroatoms. The van der Waals surface area contributed by atoms with Gasteiger partial charge in [-0.3, -0.25) is 15.0 Å². The summed E-state index contributed by atoms with van der Waals surface area (Å²) >= 11 is 1.12. The smallest absolute Gasteiger partial charge is 0.387 e. The second-order valence-electron chi connectivity index (χ2n) is 7.66. The van der Waals surface area contributed by atoms with E-state index >= 15 is 0 Å². The summed E-state index contributed by atoms with van der Waals surface area (Å²) in [6, 6.07) is 7.95. The van der Waals surface area contributed by atoms with E-state index in [4.69, 9.17) is 9.15 Å². The molecule has 0 aliphatic carbocycles. The van der Waals surface area contributed by atoms with Crippen LogP contribution in [0.1, 0.15) is 28.9 Å². The Bertz CT molecular complexity index is 1100. The summed E-state index contributed by atoms with van der Waals surface area (Å²) in [7, 11) is 0. The molecule has 4 rings (SSSR count). The lowest BCUT2D eigenvalue weighted by atomic mass is 10.1. The molecule has 1 amide bonds. The summed E-state index contributed by atoms with van der Waals surface area (Å²) in [6.45, 7) is 4.09. The van der Waals surface area contributed by atoms with Gasteiger partial charge in [-0.1, -0.05) is 12.1 Å². The highest BCUT2D eigenvalue weighted by Crippen LogP contribution is 2.29. The van der Waals surface area contributed by atoms with E-state index in [0.29, 0.717) is 40.0 Å². The summed E-state index contributed by atoms with van der Waals surface area (Å²) in [4.78, 5) is 19.6. The Labute approximate surface area is 193 Å². The minimum absolute atomic E-state index is 0.00949. The van der Waals surface area contributed by atoms with Crippen molar-refractivity contribution in [2.45, 2.75) is 32.9 Å². The molecule has 0 bridgehead atoms. The van der Waals surface area contributed by atoms with E-state index in [1.54, 1.807) is 25.1 Å². The molecule has 176 valence electrons. The SMILES string of the molecule is Cc1oc(-c2cccc(OC(F)F)c2)cc1C(=O)Nc1nc(CC(C)N2CCOCC2)ns1. The molecule has 0 radical (unpaired) electrons. The van der Waals surface area contributed by atoms with Crippen molar-refractivity contribution in [2.24, 2.45) is 0 Å². The molecule has 1 aliphatic heterocycles. The number of ether oxygens (including phenoxy) is 2. The van der Waals surface area contributed by atoms with Gasteiger partial charge >= 0.3 is 6.61 Å². The lowest BCUT2D eigenvalue weighted by Gasteiger charge is -2.31. The van der Waals surface area contributed by atoms with Crippen molar-refractivity contribution in [2.75, 3.05) is 31.6 Å². The van der Waals surface area contributed by atoms with Crippen LogP contribution in [0.3, 0.4) is 0 Å². The van der Waals surface area contributed by atoms with E-state index in [1.807, 2.05) is 0 Å². The first kappa shape index (κ1) is 23.3. The van der Waals surface area contributed by atoms with Crippen LogP contribution in [-0.2, 0) is 11.2 Å². The average molecular weight is 479 g/mol. The van der Waals surface area contributed by atoms with Crippen LogP contribution in [0.5, 0.6) is 5.75 Å². The normalized spacial score (nSPS) is 15.5. The van der Waals surface area contributed by atoms with Gasteiger partial charge in [-0.2, -0.15) is 13.2 Å². The van der Waals surface area contributed by atoms with Crippen molar-refractivity contribution in [3.8, 4) is 17.1 Å². The molecule has 33 heavy (non-hydrogen) atoms. The Balaban J connectivity index is 1.41. The van der Waals surface area contributed by atoms with Crippen LogP contribution >= 0.6 is 11.5 Å². The van der Waals surface area contributed by atoms with Gasteiger partial charge in [-0.15, -0.1) is 0 Å². The minimum atomic E-state index is -2.92. The van der Waals surface area contributed by atoms with Gasteiger partial charge in [0.15, 0.2) is 0 Å². The maximum absolute atomic E-state index is 12.8. The third kappa shape index (κ3) is 5.92. The Morgan fingerprint density at radius 3 is 2.85 bits per heavy atom. The lowest BCUT2D eigenvalue weighted by molar-refractivity contribution is -0.0498. The molecule has 0 saturated carbocycles. The minimum Gasteiger partial charge on any atom is -0.461 e. The molecule has 0 spiro atoms. The fourth-order valence-electron chi connectivity index (χ4n) is 3.64. The summed E-state index contributed by atoms with van der Waals surface area (Å²) in [5.41, 5.74) is 0.842. The number of benzene rings is 1. The molecule has 1 aliphatic rings. The molecule has 3 aromatic rings. The molecule has 1 N–H and O–H groups in total. The van der Waals surface area contributed by atoms with Gasteiger partial charge in [-0.05, 0) is 32.0 Å². The number of hydrogen-bond acceptors (Lipinski definition) is 8. The zero-order valence-corrected chi connectivity index (χ0v) is 19.0. The predicted molar refractivity (Wildman–Crippen MR) is 119 cm³/mol. The van der Waals surface area contributed by atoms with Gasteiger partial charge in [0.2, 0.25) is 5.13 Å². The third-order valence-corrected chi connectivity index (χ3v) is 6.01. The molecule has 1 unspecified atom stereocenters. The van der Waals surface area contributed by atoms with E-state index in [2.05, 4.69) is 31.2 Å². The van der Waals surface area contributed by atoms with Crippen molar-refractivity contribution in [1.82, 2.24) is 14.3 Å². The van der Waals surface area contributed by atoms with Crippen LogP contribution in [0.4, 0.5) is 13.9 Å². The van der Waals surface area contributed by atoms with Crippen molar-refractivity contribution in [3.63, 3.8) is 0 Å². The van der Waals surface area contributed by atoms with Crippen LogP contribution in [0.15, 0.2) is 34.7 Å². The number of nitrogens with zero attached hydrogens (tertiary/aromatic N) is 3. The van der Waals surface area contributed by atoms with Crippen LogP contribution < -0.4 is 10.1 Å². The second-order valence-corrected chi connectivity index (χ2v) is 8.41. The van der Waals surface area contributed by atoms with Crippen molar-refractivity contribution in [3.05, 3.63) is 47.5 Å². The van der Waals surface area contributed by atoms with Gasteiger partial charge in [0.25, 0.3) is 5.91 Å². The fraction of sp³-hybridized carbons (Fsp3) is 0.409. The molecule has 1 fully saturated rings. The zero-order valence-electron chi connectivity index (χ0n) is 18.2. The number of nitrogens with one attached hydrogen (secondary N) is 1. The number of halogens is 2. The number of aryl methyl sites for hydroxylation is 1. The number of carbonyl (C=O) groups is 1. The summed E-state index contributed by atoms with van der Waals surface area (Å²) < 4.78 is 44.8. The molecule has 1 atom stereocenters. The average Bonchev–Trinajstić information content (AvgIpc) is 3.40. The molecular formula is C22H24F2N4O4S. The summed E-state index contributed by atoms with van der Waals surface area (Å²) in [6.07, 6.45) is 0.679. The number of aromatic nitrogens is 2. The Morgan fingerprint density at radius 1 is 1.30 bits per heavy atom. The van der Waals surface area contributed by atoms with E-state index in [-0.39, 0.29) is 17.7 Å².